The van der Waals surface area contributed by atoms with Gasteiger partial charge in [-0.3, -0.25) is 9.69 Å². The highest BCUT2D eigenvalue weighted by molar-refractivity contribution is 5.76. The molecule has 2 saturated heterocycles. The standard InChI is InChI=1S/C19H24N4O2/c24-18(25)19-9-4-10-20-17(19)8-12-22(14-19)13-16-7-11-21-23(16)15-5-2-1-3-6-15/h1-3,5-7,11,17,20H,4,8-10,12-14H2,(H,24,25)/t17-,19+/m1/s1. The van der Waals surface area contributed by atoms with E-state index in [0.717, 1.165) is 50.3 Å². The number of aliphatic carboxylic acids is 1. The van der Waals surface area contributed by atoms with Gasteiger partial charge in [-0.05, 0) is 44.0 Å². The van der Waals surface area contributed by atoms with Crippen LogP contribution in [0.25, 0.3) is 5.69 Å². The monoisotopic (exact) mass is 340 g/mol. The zero-order chi connectivity index (χ0) is 17.3. The van der Waals surface area contributed by atoms with Crippen LogP contribution in [0.4, 0.5) is 0 Å². The Labute approximate surface area is 147 Å². The van der Waals surface area contributed by atoms with Crippen LogP contribution < -0.4 is 5.32 Å². The second kappa shape index (κ2) is 6.61. The third-order valence-corrected chi connectivity index (χ3v) is 5.63. The quantitative estimate of drug-likeness (QED) is 0.890. The molecule has 2 N–H and O–H groups in total. The molecule has 2 aromatic rings. The summed E-state index contributed by atoms with van der Waals surface area (Å²) >= 11 is 0. The first-order valence-corrected chi connectivity index (χ1v) is 8.96. The second-order valence-electron chi connectivity index (χ2n) is 7.14. The number of hydrogen-bond donors (Lipinski definition) is 2. The average molecular weight is 340 g/mol. The number of rotatable bonds is 4. The summed E-state index contributed by atoms with van der Waals surface area (Å²) in [6.07, 6.45) is 4.38. The fourth-order valence-electron chi connectivity index (χ4n) is 4.35. The van der Waals surface area contributed by atoms with Gasteiger partial charge in [0.05, 0.1) is 16.8 Å². The molecule has 2 atom stereocenters. The summed E-state index contributed by atoms with van der Waals surface area (Å²) in [6, 6.07) is 12.2. The van der Waals surface area contributed by atoms with Crippen molar-refractivity contribution in [2.75, 3.05) is 19.6 Å². The van der Waals surface area contributed by atoms with Crippen LogP contribution in [0, 0.1) is 5.41 Å². The predicted molar refractivity (Wildman–Crippen MR) is 94.6 cm³/mol. The van der Waals surface area contributed by atoms with Gasteiger partial charge in [-0.25, -0.2) is 4.68 Å². The first-order valence-electron chi connectivity index (χ1n) is 8.96. The van der Waals surface area contributed by atoms with E-state index in [2.05, 4.69) is 15.3 Å². The smallest absolute Gasteiger partial charge is 0.312 e. The van der Waals surface area contributed by atoms with Gasteiger partial charge in [0.25, 0.3) is 0 Å². The number of carboxylic acids is 1. The third kappa shape index (κ3) is 2.96. The van der Waals surface area contributed by atoms with Crippen molar-refractivity contribution in [1.82, 2.24) is 20.0 Å². The van der Waals surface area contributed by atoms with Crippen LogP contribution in [-0.2, 0) is 11.3 Å². The molecule has 0 radical (unpaired) electrons. The van der Waals surface area contributed by atoms with E-state index in [-0.39, 0.29) is 6.04 Å². The van der Waals surface area contributed by atoms with E-state index in [1.54, 1.807) is 0 Å². The first-order chi connectivity index (χ1) is 12.2. The molecule has 6 heteroatoms. The SMILES string of the molecule is O=C(O)[C@]12CCCN[C@@H]1CCN(Cc1ccnn1-c1ccccc1)C2. The van der Waals surface area contributed by atoms with E-state index in [4.69, 9.17) is 0 Å². The molecule has 1 aromatic heterocycles. The van der Waals surface area contributed by atoms with E-state index in [9.17, 15) is 9.90 Å². The minimum Gasteiger partial charge on any atom is -0.481 e. The van der Waals surface area contributed by atoms with E-state index >= 15 is 0 Å². The number of para-hydroxylation sites is 1. The molecular weight excluding hydrogens is 316 g/mol. The molecule has 2 fully saturated rings. The van der Waals surface area contributed by atoms with Gasteiger partial charge in [-0.1, -0.05) is 18.2 Å². The van der Waals surface area contributed by atoms with Crippen LogP contribution in [0.2, 0.25) is 0 Å². The number of piperidine rings is 2. The first kappa shape index (κ1) is 16.3. The zero-order valence-electron chi connectivity index (χ0n) is 14.3. The molecule has 0 spiro atoms. The Morgan fingerprint density at radius 1 is 1.32 bits per heavy atom. The maximum Gasteiger partial charge on any atom is 0.312 e. The van der Waals surface area contributed by atoms with E-state index < -0.39 is 11.4 Å². The van der Waals surface area contributed by atoms with Crippen molar-refractivity contribution in [2.45, 2.75) is 31.8 Å². The number of carboxylic acid groups (broad SMARTS) is 1. The summed E-state index contributed by atoms with van der Waals surface area (Å²) in [5.41, 5.74) is 1.47. The molecule has 2 aliphatic heterocycles. The van der Waals surface area contributed by atoms with E-state index in [1.165, 1.54) is 0 Å². The van der Waals surface area contributed by atoms with Crippen molar-refractivity contribution >= 4 is 5.97 Å². The highest BCUT2D eigenvalue weighted by atomic mass is 16.4. The summed E-state index contributed by atoms with van der Waals surface area (Å²) < 4.78 is 1.94. The Balaban J connectivity index is 1.55. The van der Waals surface area contributed by atoms with Gasteiger partial charge in [-0.15, -0.1) is 0 Å². The maximum absolute atomic E-state index is 12.1. The van der Waals surface area contributed by atoms with E-state index in [0.29, 0.717) is 6.54 Å². The molecule has 0 saturated carbocycles. The van der Waals surface area contributed by atoms with Crippen LogP contribution in [0.3, 0.4) is 0 Å². The fraction of sp³-hybridized carbons (Fsp3) is 0.474. The number of nitrogens with zero attached hydrogens (tertiary/aromatic N) is 3. The Kier molecular flexibility index (Phi) is 4.31. The van der Waals surface area contributed by atoms with Crippen LogP contribution >= 0.6 is 0 Å². The third-order valence-electron chi connectivity index (χ3n) is 5.63. The normalized spacial score (nSPS) is 27.0. The number of likely N-dealkylation sites (tertiary alicyclic amines) is 1. The molecule has 3 heterocycles. The van der Waals surface area contributed by atoms with Gasteiger partial charge in [0, 0.05) is 31.9 Å². The topological polar surface area (TPSA) is 70.4 Å². The van der Waals surface area contributed by atoms with Crippen molar-refractivity contribution in [1.29, 1.82) is 0 Å². The van der Waals surface area contributed by atoms with Gasteiger partial charge in [0.2, 0.25) is 0 Å². The molecular formula is C19H24N4O2. The van der Waals surface area contributed by atoms with Crippen LogP contribution in [-0.4, -0.2) is 51.4 Å². The fourth-order valence-corrected chi connectivity index (χ4v) is 4.35. The lowest BCUT2D eigenvalue weighted by Gasteiger charge is -2.48. The lowest BCUT2D eigenvalue weighted by Crippen LogP contribution is -2.62. The van der Waals surface area contributed by atoms with Gasteiger partial charge in [0.15, 0.2) is 0 Å². The van der Waals surface area contributed by atoms with Gasteiger partial charge < -0.3 is 10.4 Å². The highest BCUT2D eigenvalue weighted by Crippen LogP contribution is 2.38. The van der Waals surface area contributed by atoms with Gasteiger partial charge in [-0.2, -0.15) is 5.10 Å². The molecule has 1 aromatic carbocycles. The van der Waals surface area contributed by atoms with Crippen LogP contribution in [0.1, 0.15) is 25.0 Å². The molecule has 132 valence electrons. The Morgan fingerprint density at radius 3 is 2.96 bits per heavy atom. The highest BCUT2D eigenvalue weighted by Gasteiger charge is 2.50. The number of nitrogens with one attached hydrogen (secondary N) is 1. The summed E-state index contributed by atoms with van der Waals surface area (Å²) in [5, 5.41) is 17.8. The van der Waals surface area contributed by atoms with Crippen LogP contribution in [0.15, 0.2) is 42.6 Å². The lowest BCUT2D eigenvalue weighted by atomic mass is 9.70. The maximum atomic E-state index is 12.1. The molecule has 4 rings (SSSR count). The number of aromatic nitrogens is 2. The number of hydrogen-bond acceptors (Lipinski definition) is 4. The van der Waals surface area contributed by atoms with Gasteiger partial charge >= 0.3 is 5.97 Å². The Bertz CT molecular complexity index is 745. The van der Waals surface area contributed by atoms with Crippen molar-refractivity contribution in [3.05, 3.63) is 48.3 Å². The second-order valence-corrected chi connectivity index (χ2v) is 7.14. The van der Waals surface area contributed by atoms with Crippen molar-refractivity contribution < 1.29 is 9.90 Å². The number of benzene rings is 1. The summed E-state index contributed by atoms with van der Waals surface area (Å²) in [7, 11) is 0. The molecule has 0 bridgehead atoms. The predicted octanol–water partition coefficient (Wildman–Crippen LogP) is 1.90. The van der Waals surface area contributed by atoms with Gasteiger partial charge in [0.1, 0.15) is 0 Å². The van der Waals surface area contributed by atoms with Crippen molar-refractivity contribution in [2.24, 2.45) is 5.41 Å². The summed E-state index contributed by atoms with van der Waals surface area (Å²) in [4.78, 5) is 14.3. The van der Waals surface area contributed by atoms with Crippen molar-refractivity contribution in [3.8, 4) is 5.69 Å². The summed E-state index contributed by atoms with van der Waals surface area (Å²) in [5.74, 6) is -0.661. The minimum atomic E-state index is -0.661. The molecule has 25 heavy (non-hydrogen) atoms. The average Bonchev–Trinajstić information content (AvgIpc) is 3.10. The Morgan fingerprint density at radius 2 is 2.16 bits per heavy atom. The zero-order valence-corrected chi connectivity index (χ0v) is 14.3. The van der Waals surface area contributed by atoms with Crippen LogP contribution in [0.5, 0.6) is 0 Å². The van der Waals surface area contributed by atoms with E-state index in [1.807, 2.05) is 47.3 Å². The number of fused-ring (bicyclic) bond motifs is 1. The molecule has 0 unspecified atom stereocenters. The molecule has 0 aliphatic carbocycles. The molecule has 6 nitrogen and oxygen atoms in total. The lowest BCUT2D eigenvalue weighted by molar-refractivity contribution is -0.157. The summed E-state index contributed by atoms with van der Waals surface area (Å²) in [6.45, 7) is 3.16. The Hall–Kier alpha value is -2.18. The number of carbonyl (C=O) groups is 1. The molecule has 0 amide bonds. The largest absolute Gasteiger partial charge is 0.481 e. The molecule has 2 aliphatic rings. The van der Waals surface area contributed by atoms with Crippen molar-refractivity contribution in [3.63, 3.8) is 0 Å². The minimum absolute atomic E-state index is 0.0917.